The van der Waals surface area contributed by atoms with Crippen LogP contribution in [0.15, 0.2) is 24.4 Å². The molecule has 19 heavy (non-hydrogen) atoms. The van der Waals surface area contributed by atoms with E-state index in [1.807, 2.05) is 0 Å². The van der Waals surface area contributed by atoms with Crippen molar-refractivity contribution < 1.29 is 9.18 Å². The molecule has 2 aromatic rings. The minimum Gasteiger partial charge on any atom is -0.375 e. The topological polar surface area (TPSA) is 59.2 Å². The molecule has 98 valence electrons. The lowest BCUT2D eigenvalue weighted by Gasteiger charge is -2.28. The van der Waals surface area contributed by atoms with Gasteiger partial charge in [-0.2, -0.15) is 0 Å². The van der Waals surface area contributed by atoms with Crippen molar-refractivity contribution in [1.29, 1.82) is 0 Å². The van der Waals surface area contributed by atoms with Gasteiger partial charge in [0.25, 0.3) is 0 Å². The number of halogens is 1. The number of carbonyl (C=O) groups excluding carboxylic acids is 1. The highest BCUT2D eigenvalue weighted by Gasteiger charge is 2.25. The van der Waals surface area contributed by atoms with Gasteiger partial charge in [0, 0.05) is 23.2 Å². The smallest absolute Gasteiger partial charge is 0.227 e. The molecule has 0 saturated carbocycles. The molecule has 1 aliphatic rings. The number of nitrogens with zero attached hydrogens (tertiary/aromatic N) is 2. The first-order valence-electron chi connectivity index (χ1n) is 5.92. The lowest BCUT2D eigenvalue weighted by molar-refractivity contribution is -0.119. The van der Waals surface area contributed by atoms with Crippen LogP contribution in [0.5, 0.6) is 0 Å². The van der Waals surface area contributed by atoms with Crippen molar-refractivity contribution in [2.75, 3.05) is 10.6 Å². The van der Waals surface area contributed by atoms with Crippen molar-refractivity contribution in [1.82, 2.24) is 4.98 Å². The summed E-state index contributed by atoms with van der Waals surface area (Å²) >= 11 is 1.36. The number of rotatable bonds is 2. The third-order valence-electron chi connectivity index (χ3n) is 3.13. The summed E-state index contributed by atoms with van der Waals surface area (Å²) in [6, 6.07) is 4.54. The molecule has 1 aromatic heterocycles. The molecule has 0 aliphatic carbocycles. The highest BCUT2D eigenvalue weighted by molar-refractivity contribution is 7.15. The molecular weight excluding hydrogens is 265 g/mol. The first kappa shape index (κ1) is 12.1. The number of aryl methyl sites for hydroxylation is 1. The molecule has 0 bridgehead atoms. The minimum atomic E-state index is -0.268. The predicted octanol–water partition coefficient (Wildman–Crippen LogP) is 2.34. The van der Waals surface area contributed by atoms with E-state index in [2.05, 4.69) is 4.98 Å². The standard InChI is InChI=1S/C13H12FN3OS/c14-9-2-3-11-8(5-9)1-4-12(18)17(11)7-10-6-16-13(15)19-10/h2-3,5-6H,1,4,7H2,(H2,15,16). The maximum atomic E-state index is 13.2. The highest BCUT2D eigenvalue weighted by Crippen LogP contribution is 2.30. The van der Waals surface area contributed by atoms with Crippen molar-refractivity contribution in [3.63, 3.8) is 0 Å². The van der Waals surface area contributed by atoms with Gasteiger partial charge in [-0.3, -0.25) is 4.79 Å². The molecule has 0 atom stereocenters. The average molecular weight is 277 g/mol. The van der Waals surface area contributed by atoms with Gasteiger partial charge >= 0.3 is 0 Å². The number of nitrogen functional groups attached to an aromatic ring is 1. The number of anilines is 2. The Labute approximate surface area is 113 Å². The fourth-order valence-corrected chi connectivity index (χ4v) is 2.93. The lowest BCUT2D eigenvalue weighted by Crippen LogP contribution is -2.34. The second kappa shape index (κ2) is 4.62. The summed E-state index contributed by atoms with van der Waals surface area (Å²) in [6.07, 6.45) is 2.67. The Bertz CT molecular complexity index is 641. The Morgan fingerprint density at radius 3 is 3.00 bits per heavy atom. The fraction of sp³-hybridized carbons (Fsp3) is 0.231. The van der Waals surface area contributed by atoms with Crippen LogP contribution in [0.4, 0.5) is 15.2 Å². The SMILES string of the molecule is Nc1ncc(CN2C(=O)CCc3cc(F)ccc32)s1. The second-order valence-corrected chi connectivity index (χ2v) is 5.56. The van der Waals surface area contributed by atoms with Gasteiger partial charge in [0.1, 0.15) is 5.82 Å². The van der Waals surface area contributed by atoms with Gasteiger partial charge in [0.15, 0.2) is 5.13 Å². The summed E-state index contributed by atoms with van der Waals surface area (Å²) in [5.41, 5.74) is 7.24. The summed E-state index contributed by atoms with van der Waals surface area (Å²) in [5.74, 6) is -0.221. The van der Waals surface area contributed by atoms with Gasteiger partial charge in [-0.1, -0.05) is 0 Å². The summed E-state index contributed by atoms with van der Waals surface area (Å²) in [5, 5.41) is 0.485. The maximum absolute atomic E-state index is 13.2. The number of amides is 1. The van der Waals surface area contributed by atoms with Crippen LogP contribution in [0.25, 0.3) is 0 Å². The van der Waals surface area contributed by atoms with Crippen molar-refractivity contribution >= 4 is 28.1 Å². The Kier molecular flexibility index (Phi) is 2.94. The zero-order valence-electron chi connectivity index (χ0n) is 10.1. The Morgan fingerprint density at radius 2 is 2.26 bits per heavy atom. The van der Waals surface area contributed by atoms with E-state index >= 15 is 0 Å². The number of hydrogen-bond acceptors (Lipinski definition) is 4. The fourth-order valence-electron chi connectivity index (χ4n) is 2.25. The van der Waals surface area contributed by atoms with E-state index in [1.54, 1.807) is 17.2 Å². The lowest BCUT2D eigenvalue weighted by atomic mass is 10.0. The number of nitrogens with two attached hydrogens (primary N) is 1. The highest BCUT2D eigenvalue weighted by atomic mass is 32.1. The molecule has 0 radical (unpaired) electrons. The van der Waals surface area contributed by atoms with Crippen LogP contribution < -0.4 is 10.6 Å². The molecule has 6 heteroatoms. The van der Waals surface area contributed by atoms with E-state index in [1.165, 1.54) is 23.5 Å². The number of aromatic nitrogens is 1. The van der Waals surface area contributed by atoms with Gasteiger partial charge in [0.05, 0.1) is 6.54 Å². The van der Waals surface area contributed by atoms with E-state index in [0.717, 1.165) is 16.1 Å². The van der Waals surface area contributed by atoms with Crippen molar-refractivity contribution in [3.05, 3.63) is 40.7 Å². The Hall–Kier alpha value is -1.95. The van der Waals surface area contributed by atoms with Gasteiger partial charge < -0.3 is 10.6 Å². The van der Waals surface area contributed by atoms with Crippen LogP contribution in [-0.4, -0.2) is 10.9 Å². The van der Waals surface area contributed by atoms with Gasteiger partial charge in [-0.25, -0.2) is 9.37 Å². The Balaban J connectivity index is 1.94. The monoisotopic (exact) mass is 277 g/mol. The van der Waals surface area contributed by atoms with Crippen molar-refractivity contribution in [3.8, 4) is 0 Å². The van der Waals surface area contributed by atoms with Crippen LogP contribution in [0.1, 0.15) is 16.9 Å². The van der Waals surface area contributed by atoms with Crippen LogP contribution in [-0.2, 0) is 17.8 Å². The van der Waals surface area contributed by atoms with E-state index in [-0.39, 0.29) is 11.7 Å². The maximum Gasteiger partial charge on any atom is 0.227 e. The molecule has 1 amide bonds. The van der Waals surface area contributed by atoms with Gasteiger partial charge in [-0.05, 0) is 30.2 Å². The molecule has 1 aromatic carbocycles. The third kappa shape index (κ3) is 2.31. The molecule has 3 rings (SSSR count). The molecule has 1 aliphatic heterocycles. The third-order valence-corrected chi connectivity index (χ3v) is 3.94. The van der Waals surface area contributed by atoms with Gasteiger partial charge in [0.2, 0.25) is 5.91 Å². The molecule has 0 saturated heterocycles. The average Bonchev–Trinajstić information content (AvgIpc) is 2.78. The molecular formula is C13H12FN3OS. The van der Waals surface area contributed by atoms with Gasteiger partial charge in [-0.15, -0.1) is 11.3 Å². The normalized spacial score (nSPS) is 14.6. The molecule has 2 heterocycles. The molecule has 4 nitrogen and oxygen atoms in total. The number of hydrogen-bond donors (Lipinski definition) is 1. The van der Waals surface area contributed by atoms with E-state index in [9.17, 15) is 9.18 Å². The van der Waals surface area contributed by atoms with Crippen LogP contribution in [0, 0.1) is 5.82 Å². The van der Waals surface area contributed by atoms with E-state index in [4.69, 9.17) is 5.73 Å². The van der Waals surface area contributed by atoms with Crippen LogP contribution in [0.2, 0.25) is 0 Å². The number of fused-ring (bicyclic) bond motifs is 1. The van der Waals surface area contributed by atoms with Crippen LogP contribution in [0.3, 0.4) is 0 Å². The quantitative estimate of drug-likeness (QED) is 0.916. The zero-order valence-corrected chi connectivity index (χ0v) is 10.9. The molecule has 0 spiro atoms. The summed E-state index contributed by atoms with van der Waals surface area (Å²) < 4.78 is 13.2. The molecule has 0 unspecified atom stereocenters. The number of carbonyl (C=O) groups is 1. The number of thiazole rings is 1. The van der Waals surface area contributed by atoms with E-state index in [0.29, 0.717) is 24.5 Å². The summed E-state index contributed by atoms with van der Waals surface area (Å²) in [6.45, 7) is 0.437. The van der Waals surface area contributed by atoms with Crippen molar-refractivity contribution in [2.24, 2.45) is 0 Å². The molecule has 2 N–H and O–H groups in total. The first-order chi connectivity index (χ1) is 9.13. The largest absolute Gasteiger partial charge is 0.375 e. The first-order valence-corrected chi connectivity index (χ1v) is 6.74. The molecule has 0 fully saturated rings. The van der Waals surface area contributed by atoms with E-state index < -0.39 is 0 Å². The number of benzene rings is 1. The summed E-state index contributed by atoms with van der Waals surface area (Å²) in [7, 11) is 0. The summed E-state index contributed by atoms with van der Waals surface area (Å²) in [4.78, 5) is 18.6. The predicted molar refractivity (Wildman–Crippen MR) is 72.4 cm³/mol. The minimum absolute atomic E-state index is 0.0473. The van der Waals surface area contributed by atoms with Crippen molar-refractivity contribution in [2.45, 2.75) is 19.4 Å². The Morgan fingerprint density at radius 1 is 1.42 bits per heavy atom. The second-order valence-electron chi connectivity index (χ2n) is 4.42. The van der Waals surface area contributed by atoms with Crippen LogP contribution >= 0.6 is 11.3 Å². The zero-order chi connectivity index (χ0) is 13.4.